The zero-order chi connectivity index (χ0) is 14.1. The molecule has 0 spiro atoms. The standard InChI is InChI=1S/C16H16N2O2/c17-13(6-8-16(18)19)10-5-7-15-12(9-10)11-3-1-2-4-14(11)20-15/h1-5,7,9,13H,6,8,17H2,(H2,18,19). The third kappa shape index (κ3) is 2.26. The van der Waals surface area contributed by atoms with Gasteiger partial charge in [0.05, 0.1) is 0 Å². The summed E-state index contributed by atoms with van der Waals surface area (Å²) in [7, 11) is 0. The number of hydrogen-bond acceptors (Lipinski definition) is 3. The van der Waals surface area contributed by atoms with Gasteiger partial charge in [-0.3, -0.25) is 4.79 Å². The zero-order valence-electron chi connectivity index (χ0n) is 11.0. The van der Waals surface area contributed by atoms with Gasteiger partial charge < -0.3 is 15.9 Å². The molecule has 0 fully saturated rings. The number of carbonyl (C=O) groups is 1. The topological polar surface area (TPSA) is 82.2 Å². The van der Waals surface area contributed by atoms with Crippen molar-refractivity contribution in [1.29, 1.82) is 0 Å². The second-order valence-corrected chi connectivity index (χ2v) is 4.97. The largest absolute Gasteiger partial charge is 0.456 e. The van der Waals surface area contributed by atoms with Crippen molar-refractivity contribution in [2.24, 2.45) is 11.5 Å². The maximum atomic E-state index is 10.8. The first-order chi connectivity index (χ1) is 9.65. The lowest BCUT2D eigenvalue weighted by molar-refractivity contribution is -0.118. The van der Waals surface area contributed by atoms with Crippen LogP contribution in [0.5, 0.6) is 0 Å². The van der Waals surface area contributed by atoms with Crippen molar-refractivity contribution < 1.29 is 9.21 Å². The summed E-state index contributed by atoms with van der Waals surface area (Å²) in [6.07, 6.45) is 0.849. The third-order valence-corrected chi connectivity index (χ3v) is 3.53. The lowest BCUT2D eigenvalue weighted by Crippen LogP contribution is -2.16. The fourth-order valence-electron chi connectivity index (χ4n) is 2.44. The SMILES string of the molecule is NC(=O)CCC(N)c1ccc2oc3ccccc3c2c1. The molecule has 0 aliphatic rings. The van der Waals surface area contributed by atoms with Gasteiger partial charge in [0, 0.05) is 23.2 Å². The van der Waals surface area contributed by atoms with Crippen molar-refractivity contribution in [3.8, 4) is 0 Å². The number of nitrogens with two attached hydrogens (primary N) is 2. The van der Waals surface area contributed by atoms with Crippen molar-refractivity contribution in [2.75, 3.05) is 0 Å². The molecule has 1 unspecified atom stereocenters. The number of amides is 1. The first-order valence-electron chi connectivity index (χ1n) is 6.60. The van der Waals surface area contributed by atoms with E-state index in [-0.39, 0.29) is 11.9 Å². The zero-order valence-corrected chi connectivity index (χ0v) is 11.0. The molecule has 4 heteroatoms. The van der Waals surface area contributed by atoms with Crippen molar-refractivity contribution in [1.82, 2.24) is 0 Å². The van der Waals surface area contributed by atoms with Crippen LogP contribution in [0.15, 0.2) is 46.9 Å². The molecule has 1 atom stereocenters. The molecule has 102 valence electrons. The van der Waals surface area contributed by atoms with E-state index in [1.165, 1.54) is 0 Å². The second kappa shape index (κ2) is 4.98. The molecule has 1 aromatic heterocycles. The first-order valence-corrected chi connectivity index (χ1v) is 6.60. The molecule has 3 aromatic rings. The first kappa shape index (κ1) is 12.7. The van der Waals surface area contributed by atoms with Gasteiger partial charge in [-0.25, -0.2) is 0 Å². The fraction of sp³-hybridized carbons (Fsp3) is 0.188. The Hall–Kier alpha value is -2.33. The summed E-state index contributed by atoms with van der Waals surface area (Å²) in [5, 5.41) is 2.12. The summed E-state index contributed by atoms with van der Waals surface area (Å²) in [5.74, 6) is -0.324. The Balaban J connectivity index is 2.01. The van der Waals surface area contributed by atoms with Crippen LogP contribution in [0.3, 0.4) is 0 Å². The van der Waals surface area contributed by atoms with E-state index in [0.29, 0.717) is 12.8 Å². The number of furan rings is 1. The number of hydrogen-bond donors (Lipinski definition) is 2. The quantitative estimate of drug-likeness (QED) is 0.763. The van der Waals surface area contributed by atoms with Crippen LogP contribution in [0.1, 0.15) is 24.4 Å². The molecule has 0 bridgehead atoms. The van der Waals surface area contributed by atoms with Gasteiger partial charge in [-0.15, -0.1) is 0 Å². The van der Waals surface area contributed by atoms with E-state index in [0.717, 1.165) is 27.5 Å². The average Bonchev–Trinajstić information content (AvgIpc) is 2.82. The molecule has 0 aliphatic heterocycles. The van der Waals surface area contributed by atoms with E-state index in [4.69, 9.17) is 15.9 Å². The highest BCUT2D eigenvalue weighted by Gasteiger charge is 2.11. The van der Waals surface area contributed by atoms with Crippen LogP contribution in [0, 0.1) is 0 Å². The minimum atomic E-state index is -0.324. The molecule has 3 rings (SSSR count). The number of para-hydroxylation sites is 1. The van der Waals surface area contributed by atoms with Crippen molar-refractivity contribution in [3.05, 3.63) is 48.0 Å². The Labute approximate surface area is 116 Å². The normalized spacial score (nSPS) is 12.8. The highest BCUT2D eigenvalue weighted by atomic mass is 16.3. The monoisotopic (exact) mass is 268 g/mol. The fourth-order valence-corrected chi connectivity index (χ4v) is 2.44. The van der Waals surface area contributed by atoms with Crippen molar-refractivity contribution in [2.45, 2.75) is 18.9 Å². The van der Waals surface area contributed by atoms with Crippen molar-refractivity contribution >= 4 is 27.8 Å². The van der Waals surface area contributed by atoms with Gasteiger partial charge in [0.2, 0.25) is 5.91 Å². The van der Waals surface area contributed by atoms with Gasteiger partial charge >= 0.3 is 0 Å². The minimum absolute atomic E-state index is 0.194. The summed E-state index contributed by atoms with van der Waals surface area (Å²) in [5.41, 5.74) is 14.0. The summed E-state index contributed by atoms with van der Waals surface area (Å²) in [4.78, 5) is 10.8. The molecule has 0 saturated heterocycles. The minimum Gasteiger partial charge on any atom is -0.456 e. The lowest BCUT2D eigenvalue weighted by Gasteiger charge is -2.10. The van der Waals surface area contributed by atoms with E-state index in [1.54, 1.807) is 0 Å². The molecular weight excluding hydrogens is 252 g/mol. The summed E-state index contributed by atoms with van der Waals surface area (Å²) >= 11 is 0. The van der Waals surface area contributed by atoms with Gasteiger partial charge in [0.15, 0.2) is 0 Å². The Kier molecular flexibility index (Phi) is 3.16. The molecule has 4 nitrogen and oxygen atoms in total. The van der Waals surface area contributed by atoms with E-state index >= 15 is 0 Å². The van der Waals surface area contributed by atoms with Crippen LogP contribution in [-0.2, 0) is 4.79 Å². The van der Waals surface area contributed by atoms with Gasteiger partial charge in [-0.1, -0.05) is 24.3 Å². The maximum absolute atomic E-state index is 10.8. The molecule has 1 amide bonds. The summed E-state index contributed by atoms with van der Waals surface area (Å²) < 4.78 is 5.77. The number of benzene rings is 2. The third-order valence-electron chi connectivity index (χ3n) is 3.53. The smallest absolute Gasteiger partial charge is 0.217 e. The Morgan fingerprint density at radius 2 is 1.85 bits per heavy atom. The number of rotatable bonds is 4. The molecular formula is C16H16N2O2. The van der Waals surface area contributed by atoms with Crippen LogP contribution in [-0.4, -0.2) is 5.91 Å². The van der Waals surface area contributed by atoms with Crippen LogP contribution >= 0.6 is 0 Å². The van der Waals surface area contributed by atoms with Gasteiger partial charge in [-0.05, 0) is 30.2 Å². The molecule has 0 radical (unpaired) electrons. The highest BCUT2D eigenvalue weighted by Crippen LogP contribution is 2.30. The number of carbonyl (C=O) groups excluding carboxylic acids is 1. The average molecular weight is 268 g/mol. The molecule has 2 aromatic carbocycles. The van der Waals surface area contributed by atoms with Crippen LogP contribution in [0.4, 0.5) is 0 Å². The summed E-state index contributed by atoms with van der Waals surface area (Å²) in [6.45, 7) is 0. The predicted octanol–water partition coefficient (Wildman–Crippen LogP) is 2.85. The van der Waals surface area contributed by atoms with E-state index in [1.807, 2.05) is 42.5 Å². The van der Waals surface area contributed by atoms with Crippen molar-refractivity contribution in [3.63, 3.8) is 0 Å². The number of fused-ring (bicyclic) bond motifs is 3. The lowest BCUT2D eigenvalue weighted by atomic mass is 10.0. The van der Waals surface area contributed by atoms with Gasteiger partial charge in [0.1, 0.15) is 11.2 Å². The summed E-state index contributed by atoms with van der Waals surface area (Å²) in [6, 6.07) is 13.6. The highest BCUT2D eigenvalue weighted by molar-refractivity contribution is 6.05. The van der Waals surface area contributed by atoms with E-state index < -0.39 is 0 Å². The molecule has 0 aliphatic carbocycles. The molecule has 4 N–H and O–H groups in total. The maximum Gasteiger partial charge on any atom is 0.217 e. The van der Waals surface area contributed by atoms with Crippen LogP contribution < -0.4 is 11.5 Å². The van der Waals surface area contributed by atoms with Gasteiger partial charge in [0.25, 0.3) is 0 Å². The Morgan fingerprint density at radius 3 is 2.65 bits per heavy atom. The number of primary amides is 1. The Bertz CT molecular complexity index is 776. The molecule has 1 heterocycles. The van der Waals surface area contributed by atoms with Gasteiger partial charge in [-0.2, -0.15) is 0 Å². The van der Waals surface area contributed by atoms with Crippen LogP contribution in [0.2, 0.25) is 0 Å². The van der Waals surface area contributed by atoms with E-state index in [9.17, 15) is 4.79 Å². The molecule has 20 heavy (non-hydrogen) atoms. The van der Waals surface area contributed by atoms with E-state index in [2.05, 4.69) is 0 Å². The molecule has 0 saturated carbocycles. The van der Waals surface area contributed by atoms with Crippen LogP contribution in [0.25, 0.3) is 21.9 Å². The predicted molar refractivity (Wildman–Crippen MR) is 79.1 cm³/mol. The second-order valence-electron chi connectivity index (χ2n) is 4.97. The Morgan fingerprint density at radius 1 is 1.10 bits per heavy atom.